The Labute approximate surface area is 169 Å². The molecule has 6 nitrogen and oxygen atoms in total. The zero-order chi connectivity index (χ0) is 20.2. The fraction of sp³-hybridized carbons (Fsp3) is 0.278. The van der Waals surface area contributed by atoms with Crippen molar-refractivity contribution in [3.05, 3.63) is 58.1 Å². The molecule has 0 heterocycles. The Kier molecular flexibility index (Phi) is 6.97. The van der Waals surface area contributed by atoms with Crippen molar-refractivity contribution in [3.63, 3.8) is 0 Å². The molecule has 0 atom stereocenters. The summed E-state index contributed by atoms with van der Waals surface area (Å²) in [6, 6.07) is 10.9. The van der Waals surface area contributed by atoms with Crippen molar-refractivity contribution in [2.75, 3.05) is 11.6 Å². The van der Waals surface area contributed by atoms with Crippen LogP contribution in [0.3, 0.4) is 0 Å². The first-order valence-electron chi connectivity index (χ1n) is 8.06. The van der Waals surface area contributed by atoms with E-state index >= 15 is 0 Å². The van der Waals surface area contributed by atoms with Gasteiger partial charge >= 0.3 is 16.1 Å². The summed E-state index contributed by atoms with van der Waals surface area (Å²) in [6.07, 6.45) is 0.976. The maximum absolute atomic E-state index is 12.7. The lowest BCUT2D eigenvalue weighted by molar-refractivity contribution is 0.193. The summed E-state index contributed by atoms with van der Waals surface area (Å²) in [4.78, 5) is 14.3. The van der Waals surface area contributed by atoms with Crippen LogP contribution in [0.4, 0.5) is 10.5 Å². The second kappa shape index (κ2) is 8.82. The van der Waals surface area contributed by atoms with Gasteiger partial charge in [-0.25, -0.2) is 4.79 Å². The average Bonchev–Trinajstić information content (AvgIpc) is 2.53. The second-order valence-electron chi connectivity index (χ2n) is 6.21. The van der Waals surface area contributed by atoms with Gasteiger partial charge in [-0.15, -0.1) is 0 Å². The minimum absolute atomic E-state index is 0.115. The Morgan fingerprint density at radius 2 is 1.89 bits per heavy atom. The first-order valence-corrected chi connectivity index (χ1v) is 10.6. The summed E-state index contributed by atoms with van der Waals surface area (Å²) in [5.41, 5.74) is 1.17. The van der Waals surface area contributed by atoms with Crippen molar-refractivity contribution in [3.8, 4) is 5.75 Å². The Hall–Kier alpha value is -1.96. The van der Waals surface area contributed by atoms with Gasteiger partial charge in [0.05, 0.1) is 17.0 Å². The highest BCUT2D eigenvalue weighted by molar-refractivity contribution is 7.86. The van der Waals surface area contributed by atoms with Crippen LogP contribution in [0.2, 0.25) is 10.0 Å². The number of nitrogens with one attached hydrogen (secondary N) is 1. The lowest BCUT2D eigenvalue weighted by Gasteiger charge is -2.27. The van der Waals surface area contributed by atoms with Crippen LogP contribution in [0.25, 0.3) is 0 Å². The number of urea groups is 1. The van der Waals surface area contributed by atoms with E-state index in [-0.39, 0.29) is 24.4 Å². The maximum atomic E-state index is 12.7. The highest BCUT2D eigenvalue weighted by Crippen LogP contribution is 2.26. The van der Waals surface area contributed by atoms with Crippen molar-refractivity contribution < 1.29 is 17.4 Å². The van der Waals surface area contributed by atoms with Gasteiger partial charge in [-0.3, -0.25) is 0 Å². The molecule has 0 saturated carbocycles. The maximum Gasteiger partial charge on any atom is 0.322 e. The van der Waals surface area contributed by atoms with Gasteiger partial charge in [-0.05, 0) is 49.7 Å². The number of amides is 2. The highest BCUT2D eigenvalue weighted by atomic mass is 35.5. The van der Waals surface area contributed by atoms with E-state index in [0.29, 0.717) is 15.7 Å². The second-order valence-corrected chi connectivity index (χ2v) is 8.63. The molecule has 146 valence electrons. The van der Waals surface area contributed by atoms with Crippen LogP contribution in [0.5, 0.6) is 5.75 Å². The van der Waals surface area contributed by atoms with Gasteiger partial charge in [0.1, 0.15) is 5.75 Å². The van der Waals surface area contributed by atoms with Gasteiger partial charge in [0.25, 0.3) is 0 Å². The molecule has 2 aromatic rings. The summed E-state index contributed by atoms with van der Waals surface area (Å²) in [5.74, 6) is 0.194. The van der Waals surface area contributed by atoms with Gasteiger partial charge in [0.15, 0.2) is 0 Å². The van der Waals surface area contributed by atoms with Crippen molar-refractivity contribution in [2.45, 2.75) is 26.4 Å². The number of carbonyl (C=O) groups is 1. The smallest absolute Gasteiger partial charge is 0.322 e. The molecule has 0 aliphatic heterocycles. The number of nitrogens with zero attached hydrogens (tertiary/aromatic N) is 1. The molecule has 0 fully saturated rings. The molecule has 0 aromatic heterocycles. The van der Waals surface area contributed by atoms with Gasteiger partial charge < -0.3 is 14.4 Å². The van der Waals surface area contributed by atoms with E-state index in [1.54, 1.807) is 41.3 Å². The topological polar surface area (TPSA) is 75.7 Å². The molecule has 0 radical (unpaired) electrons. The monoisotopic (exact) mass is 430 g/mol. The van der Waals surface area contributed by atoms with Crippen LogP contribution < -0.4 is 9.50 Å². The molecule has 1 N–H and O–H groups in total. The SMILES string of the molecule is CC(C)N(Cc1cccc(OS(C)(=O)=O)c1)C(=O)Nc1ccc(Cl)cc1Cl. The van der Waals surface area contributed by atoms with Gasteiger partial charge in [-0.1, -0.05) is 35.3 Å². The number of anilines is 1. The third-order valence-electron chi connectivity index (χ3n) is 3.56. The molecule has 27 heavy (non-hydrogen) atoms. The molecule has 0 aliphatic rings. The molecular formula is C18H20Cl2N2O4S. The van der Waals surface area contributed by atoms with Gasteiger partial charge in [0, 0.05) is 17.6 Å². The summed E-state index contributed by atoms with van der Waals surface area (Å²) in [6.45, 7) is 4.01. The molecule has 0 spiro atoms. The molecule has 0 bridgehead atoms. The predicted molar refractivity (Wildman–Crippen MR) is 108 cm³/mol. The third-order valence-corrected chi connectivity index (χ3v) is 4.60. The standard InChI is InChI=1S/C18H20Cl2N2O4S/c1-12(2)22(18(23)21-17-8-7-14(19)10-16(17)20)11-13-5-4-6-15(9-13)26-27(3,24)25/h4-10,12H,11H2,1-3H3,(H,21,23). The van der Waals surface area contributed by atoms with Crippen LogP contribution in [0.1, 0.15) is 19.4 Å². The van der Waals surface area contributed by atoms with Gasteiger partial charge in [-0.2, -0.15) is 8.42 Å². The van der Waals surface area contributed by atoms with Crippen molar-refractivity contribution in [2.24, 2.45) is 0 Å². The highest BCUT2D eigenvalue weighted by Gasteiger charge is 2.19. The number of benzene rings is 2. The predicted octanol–water partition coefficient (Wildman–Crippen LogP) is 4.77. The van der Waals surface area contributed by atoms with Crippen molar-refractivity contribution in [1.29, 1.82) is 0 Å². The summed E-state index contributed by atoms with van der Waals surface area (Å²) < 4.78 is 27.5. The van der Waals surface area contributed by atoms with E-state index in [1.807, 2.05) is 13.8 Å². The number of halogens is 2. The molecule has 0 saturated heterocycles. The van der Waals surface area contributed by atoms with E-state index in [4.69, 9.17) is 27.4 Å². The lowest BCUT2D eigenvalue weighted by Crippen LogP contribution is -2.39. The van der Waals surface area contributed by atoms with Crippen molar-refractivity contribution in [1.82, 2.24) is 4.90 Å². The number of hydrogen-bond donors (Lipinski definition) is 1. The zero-order valence-electron chi connectivity index (χ0n) is 15.1. The zero-order valence-corrected chi connectivity index (χ0v) is 17.4. The van der Waals surface area contributed by atoms with Crippen molar-refractivity contribution >= 4 is 45.0 Å². The summed E-state index contributed by atoms with van der Waals surface area (Å²) in [7, 11) is -3.62. The van der Waals surface area contributed by atoms with E-state index in [2.05, 4.69) is 5.32 Å². The van der Waals surface area contributed by atoms with E-state index < -0.39 is 10.1 Å². The Morgan fingerprint density at radius 3 is 2.48 bits per heavy atom. The molecule has 2 aromatic carbocycles. The number of carbonyl (C=O) groups excluding carboxylic acids is 1. The minimum atomic E-state index is -3.62. The molecule has 0 unspecified atom stereocenters. The minimum Gasteiger partial charge on any atom is -0.383 e. The van der Waals surface area contributed by atoms with E-state index in [0.717, 1.165) is 11.8 Å². The largest absolute Gasteiger partial charge is 0.383 e. The molecule has 0 aliphatic carbocycles. The van der Waals surface area contributed by atoms with E-state index in [1.165, 1.54) is 6.07 Å². The molecule has 2 rings (SSSR count). The van der Waals surface area contributed by atoms with Crippen LogP contribution >= 0.6 is 23.2 Å². The fourth-order valence-electron chi connectivity index (χ4n) is 2.33. The normalized spacial score (nSPS) is 11.3. The Bertz CT molecular complexity index is 933. The first kappa shape index (κ1) is 21.3. The first-order chi connectivity index (χ1) is 12.5. The van der Waals surface area contributed by atoms with E-state index in [9.17, 15) is 13.2 Å². The quantitative estimate of drug-likeness (QED) is 0.669. The van der Waals surface area contributed by atoms with Crippen LogP contribution in [-0.2, 0) is 16.7 Å². The Balaban J connectivity index is 2.17. The number of rotatable bonds is 6. The lowest BCUT2D eigenvalue weighted by atomic mass is 10.2. The fourth-order valence-corrected chi connectivity index (χ4v) is 3.24. The van der Waals surface area contributed by atoms with Crippen LogP contribution in [0.15, 0.2) is 42.5 Å². The summed E-state index contributed by atoms with van der Waals surface area (Å²) >= 11 is 12.0. The summed E-state index contributed by atoms with van der Waals surface area (Å²) in [5, 5.41) is 3.57. The molecule has 2 amide bonds. The van der Waals surface area contributed by atoms with Crippen LogP contribution in [0, 0.1) is 0 Å². The molecular weight excluding hydrogens is 411 g/mol. The van der Waals surface area contributed by atoms with Crippen LogP contribution in [-0.4, -0.2) is 31.6 Å². The molecule has 9 heteroatoms. The number of hydrogen-bond acceptors (Lipinski definition) is 4. The van der Waals surface area contributed by atoms with Gasteiger partial charge in [0.2, 0.25) is 0 Å². The third kappa shape index (κ3) is 6.61. The average molecular weight is 431 g/mol. The Morgan fingerprint density at radius 1 is 1.19 bits per heavy atom.